The standard InChI is InChI=1S/C15H28N2O2/c1-5-12-10(9-16)8-11-6-7-13(12)17(11)14(18)19-15(2,3)4/h10-13H,5-9,16H2,1-4H3. The van der Waals surface area contributed by atoms with Gasteiger partial charge in [-0.25, -0.2) is 4.79 Å². The van der Waals surface area contributed by atoms with Crippen LogP contribution in [0, 0.1) is 11.8 Å². The number of carbonyl (C=O) groups excluding carboxylic acids is 1. The van der Waals surface area contributed by atoms with Gasteiger partial charge in [-0.2, -0.15) is 0 Å². The molecule has 2 fully saturated rings. The number of fused-ring (bicyclic) bond motifs is 2. The van der Waals surface area contributed by atoms with E-state index in [0.29, 0.717) is 23.9 Å². The van der Waals surface area contributed by atoms with E-state index in [-0.39, 0.29) is 6.09 Å². The van der Waals surface area contributed by atoms with Crippen molar-refractivity contribution in [2.45, 2.75) is 71.1 Å². The Morgan fingerprint density at radius 2 is 2.05 bits per heavy atom. The maximum Gasteiger partial charge on any atom is 0.410 e. The molecule has 0 aromatic rings. The molecule has 2 N–H and O–H groups in total. The predicted octanol–water partition coefficient (Wildman–Crippen LogP) is 2.76. The molecule has 0 aromatic heterocycles. The van der Waals surface area contributed by atoms with Crippen LogP contribution < -0.4 is 5.73 Å². The summed E-state index contributed by atoms with van der Waals surface area (Å²) in [5.41, 5.74) is 5.50. The van der Waals surface area contributed by atoms with Gasteiger partial charge in [-0.15, -0.1) is 0 Å². The number of ether oxygens (including phenoxy) is 1. The SMILES string of the molecule is CCC1C(CN)CC2CCC1N2C(=O)OC(C)(C)C. The molecule has 4 heteroatoms. The third kappa shape index (κ3) is 2.88. The minimum Gasteiger partial charge on any atom is -0.444 e. The van der Waals surface area contributed by atoms with Crippen molar-refractivity contribution >= 4 is 6.09 Å². The van der Waals surface area contributed by atoms with Gasteiger partial charge in [0.05, 0.1) is 0 Å². The molecule has 2 heterocycles. The Morgan fingerprint density at radius 1 is 1.37 bits per heavy atom. The van der Waals surface area contributed by atoms with Crippen molar-refractivity contribution in [3.05, 3.63) is 0 Å². The summed E-state index contributed by atoms with van der Waals surface area (Å²) in [7, 11) is 0. The van der Waals surface area contributed by atoms with Crippen LogP contribution in [0.4, 0.5) is 4.79 Å². The molecule has 4 unspecified atom stereocenters. The number of nitrogens with zero attached hydrogens (tertiary/aromatic N) is 1. The van der Waals surface area contributed by atoms with Crippen molar-refractivity contribution in [2.75, 3.05) is 6.54 Å². The van der Waals surface area contributed by atoms with E-state index in [1.165, 1.54) is 0 Å². The second-order valence-electron chi connectivity index (χ2n) is 6.99. The fourth-order valence-corrected chi connectivity index (χ4v) is 3.88. The molecule has 0 aliphatic carbocycles. The number of nitrogens with two attached hydrogens (primary N) is 1. The lowest BCUT2D eigenvalue weighted by atomic mass is 9.78. The highest BCUT2D eigenvalue weighted by Gasteiger charge is 2.49. The molecule has 2 saturated heterocycles. The summed E-state index contributed by atoms with van der Waals surface area (Å²) in [5.74, 6) is 1.11. The summed E-state index contributed by atoms with van der Waals surface area (Å²) in [4.78, 5) is 14.4. The number of hydrogen-bond acceptors (Lipinski definition) is 3. The number of piperidine rings is 1. The van der Waals surface area contributed by atoms with Crippen LogP contribution in [0.3, 0.4) is 0 Å². The van der Waals surface area contributed by atoms with Crippen molar-refractivity contribution in [3.63, 3.8) is 0 Å². The van der Waals surface area contributed by atoms with E-state index < -0.39 is 5.60 Å². The Kier molecular flexibility index (Phi) is 4.09. The maximum absolute atomic E-state index is 12.4. The smallest absolute Gasteiger partial charge is 0.410 e. The molecule has 0 aromatic carbocycles. The van der Waals surface area contributed by atoms with Crippen LogP contribution in [0.5, 0.6) is 0 Å². The van der Waals surface area contributed by atoms with Crippen molar-refractivity contribution in [1.29, 1.82) is 0 Å². The van der Waals surface area contributed by atoms with E-state index in [0.717, 1.165) is 32.2 Å². The van der Waals surface area contributed by atoms with Crippen LogP contribution in [-0.2, 0) is 4.74 Å². The molecule has 2 rings (SSSR count). The van der Waals surface area contributed by atoms with Gasteiger partial charge in [0.2, 0.25) is 0 Å². The lowest BCUT2D eigenvalue weighted by molar-refractivity contribution is -0.0122. The first-order chi connectivity index (χ1) is 8.87. The number of rotatable bonds is 2. The molecular weight excluding hydrogens is 240 g/mol. The van der Waals surface area contributed by atoms with E-state index >= 15 is 0 Å². The molecule has 2 bridgehead atoms. The number of amides is 1. The summed E-state index contributed by atoms with van der Waals surface area (Å²) in [5, 5.41) is 0. The van der Waals surface area contributed by atoms with Crippen LogP contribution in [0.2, 0.25) is 0 Å². The van der Waals surface area contributed by atoms with Gasteiger partial charge in [-0.3, -0.25) is 0 Å². The zero-order chi connectivity index (χ0) is 14.2. The number of hydrogen-bond donors (Lipinski definition) is 1. The lowest BCUT2D eigenvalue weighted by Crippen LogP contribution is -2.53. The monoisotopic (exact) mass is 268 g/mol. The topological polar surface area (TPSA) is 55.6 Å². The average molecular weight is 268 g/mol. The van der Waals surface area contributed by atoms with Gasteiger partial charge in [-0.05, 0) is 58.4 Å². The zero-order valence-electron chi connectivity index (χ0n) is 12.7. The van der Waals surface area contributed by atoms with Crippen molar-refractivity contribution in [1.82, 2.24) is 4.90 Å². The maximum atomic E-state index is 12.4. The normalized spacial score (nSPS) is 34.5. The Hall–Kier alpha value is -0.770. The molecule has 2 aliphatic rings. The molecule has 19 heavy (non-hydrogen) atoms. The highest BCUT2D eigenvalue weighted by molar-refractivity contribution is 5.69. The van der Waals surface area contributed by atoms with E-state index in [2.05, 4.69) is 6.92 Å². The summed E-state index contributed by atoms with van der Waals surface area (Å²) in [6.45, 7) is 8.73. The quantitative estimate of drug-likeness (QED) is 0.838. The minimum absolute atomic E-state index is 0.131. The first-order valence-corrected chi connectivity index (χ1v) is 7.58. The second-order valence-corrected chi connectivity index (χ2v) is 6.99. The van der Waals surface area contributed by atoms with Crippen molar-refractivity contribution in [2.24, 2.45) is 17.6 Å². The van der Waals surface area contributed by atoms with Crippen LogP contribution in [0.25, 0.3) is 0 Å². The van der Waals surface area contributed by atoms with E-state index in [1.54, 1.807) is 0 Å². The fourth-order valence-electron chi connectivity index (χ4n) is 3.88. The van der Waals surface area contributed by atoms with Gasteiger partial charge in [0.1, 0.15) is 5.60 Å². The summed E-state index contributed by atoms with van der Waals surface area (Å²) < 4.78 is 5.58. The molecule has 0 radical (unpaired) electrons. The first kappa shape index (κ1) is 14.6. The molecule has 0 saturated carbocycles. The molecular formula is C15H28N2O2. The Balaban J connectivity index is 2.13. The summed E-state index contributed by atoms with van der Waals surface area (Å²) in [6.07, 6.45) is 4.23. The molecule has 4 atom stereocenters. The average Bonchev–Trinajstić information content (AvgIpc) is 2.62. The van der Waals surface area contributed by atoms with Crippen LogP contribution in [-0.4, -0.2) is 35.2 Å². The Bertz CT molecular complexity index is 338. The van der Waals surface area contributed by atoms with Gasteiger partial charge in [0.25, 0.3) is 0 Å². The van der Waals surface area contributed by atoms with Crippen molar-refractivity contribution in [3.8, 4) is 0 Å². The first-order valence-electron chi connectivity index (χ1n) is 7.58. The van der Waals surface area contributed by atoms with Gasteiger partial charge in [0, 0.05) is 12.1 Å². The predicted molar refractivity (Wildman–Crippen MR) is 75.8 cm³/mol. The van der Waals surface area contributed by atoms with Gasteiger partial charge >= 0.3 is 6.09 Å². The van der Waals surface area contributed by atoms with Crippen LogP contribution >= 0.6 is 0 Å². The van der Waals surface area contributed by atoms with E-state index in [1.807, 2.05) is 25.7 Å². The van der Waals surface area contributed by atoms with Crippen molar-refractivity contribution < 1.29 is 9.53 Å². The largest absolute Gasteiger partial charge is 0.444 e. The molecule has 0 spiro atoms. The molecule has 1 amide bonds. The summed E-state index contributed by atoms with van der Waals surface area (Å²) >= 11 is 0. The molecule has 2 aliphatic heterocycles. The Labute approximate surface area is 116 Å². The van der Waals surface area contributed by atoms with E-state index in [9.17, 15) is 4.79 Å². The molecule has 4 nitrogen and oxygen atoms in total. The lowest BCUT2D eigenvalue weighted by Gasteiger charge is -2.44. The molecule has 110 valence electrons. The summed E-state index contributed by atoms with van der Waals surface area (Å²) in [6, 6.07) is 0.684. The van der Waals surface area contributed by atoms with Crippen LogP contribution in [0.15, 0.2) is 0 Å². The zero-order valence-corrected chi connectivity index (χ0v) is 12.7. The van der Waals surface area contributed by atoms with Gasteiger partial charge in [-0.1, -0.05) is 13.3 Å². The minimum atomic E-state index is -0.414. The third-order valence-corrected chi connectivity index (χ3v) is 4.60. The van der Waals surface area contributed by atoms with Gasteiger partial charge < -0.3 is 15.4 Å². The third-order valence-electron chi connectivity index (χ3n) is 4.60. The van der Waals surface area contributed by atoms with Crippen LogP contribution in [0.1, 0.15) is 53.4 Å². The number of carbonyl (C=O) groups is 1. The fraction of sp³-hybridized carbons (Fsp3) is 0.933. The second kappa shape index (κ2) is 5.31. The van der Waals surface area contributed by atoms with Gasteiger partial charge in [0.15, 0.2) is 0 Å². The highest BCUT2D eigenvalue weighted by Crippen LogP contribution is 2.44. The van der Waals surface area contributed by atoms with E-state index in [4.69, 9.17) is 10.5 Å². The Morgan fingerprint density at radius 3 is 2.58 bits per heavy atom. The highest BCUT2D eigenvalue weighted by atomic mass is 16.6.